The molecule has 2 amide bonds. The van der Waals surface area contributed by atoms with Crippen LogP contribution >= 0.6 is 0 Å². The zero-order valence-corrected chi connectivity index (χ0v) is 15.4. The van der Waals surface area contributed by atoms with Crippen LogP contribution in [-0.2, 0) is 15.8 Å². The molecule has 3 N–H and O–H groups in total. The van der Waals surface area contributed by atoms with Crippen molar-refractivity contribution >= 4 is 17.5 Å². The van der Waals surface area contributed by atoms with E-state index in [1.54, 1.807) is 19.1 Å². The summed E-state index contributed by atoms with van der Waals surface area (Å²) in [7, 11) is 0. The van der Waals surface area contributed by atoms with Gasteiger partial charge in [0, 0.05) is 19.0 Å². The van der Waals surface area contributed by atoms with Crippen molar-refractivity contribution in [1.82, 2.24) is 4.90 Å². The van der Waals surface area contributed by atoms with Crippen LogP contribution in [0.4, 0.5) is 18.9 Å². The Morgan fingerprint density at radius 2 is 1.68 bits per heavy atom. The molecule has 1 atom stereocenters. The van der Waals surface area contributed by atoms with E-state index in [1.165, 1.54) is 23.1 Å². The number of para-hydroxylation sites is 1. The molecule has 2 aromatic rings. The van der Waals surface area contributed by atoms with Gasteiger partial charge in [-0.1, -0.05) is 42.5 Å². The van der Waals surface area contributed by atoms with Gasteiger partial charge in [-0.05, 0) is 24.6 Å². The number of hydrogen-bond donors (Lipinski definition) is 2. The predicted octanol–water partition coefficient (Wildman–Crippen LogP) is 3.58. The van der Waals surface area contributed by atoms with E-state index in [1.807, 2.05) is 18.2 Å². The molecule has 0 spiro atoms. The summed E-state index contributed by atoms with van der Waals surface area (Å²) in [5.41, 5.74) is 5.54. The molecule has 1 unspecified atom stereocenters. The molecule has 0 bridgehead atoms. The number of likely N-dealkylation sites (N-methyl/N-ethyl adjacent to an activating group) is 1. The van der Waals surface area contributed by atoms with Crippen LogP contribution in [0.3, 0.4) is 0 Å². The van der Waals surface area contributed by atoms with Crippen molar-refractivity contribution in [1.29, 1.82) is 0 Å². The van der Waals surface area contributed by atoms with Crippen molar-refractivity contribution in [2.24, 2.45) is 5.73 Å². The van der Waals surface area contributed by atoms with Crippen LogP contribution in [0, 0.1) is 0 Å². The molecule has 0 saturated carbocycles. The van der Waals surface area contributed by atoms with E-state index in [2.05, 4.69) is 5.32 Å². The molecule has 0 saturated heterocycles. The van der Waals surface area contributed by atoms with Crippen molar-refractivity contribution in [3.63, 3.8) is 0 Å². The monoisotopic (exact) mass is 393 g/mol. The molecular weight excluding hydrogens is 371 g/mol. The van der Waals surface area contributed by atoms with Gasteiger partial charge in [0.15, 0.2) is 0 Å². The highest BCUT2D eigenvalue weighted by Gasteiger charge is 2.33. The summed E-state index contributed by atoms with van der Waals surface area (Å²) >= 11 is 0. The fraction of sp³-hybridized carbons (Fsp3) is 0.300. The summed E-state index contributed by atoms with van der Waals surface area (Å²) < 4.78 is 39.1. The van der Waals surface area contributed by atoms with Gasteiger partial charge < -0.3 is 16.0 Å². The number of nitrogens with two attached hydrogens (primary N) is 1. The number of carbonyl (C=O) groups excluding carboxylic acids is 2. The number of hydrogen-bond acceptors (Lipinski definition) is 3. The van der Waals surface area contributed by atoms with E-state index >= 15 is 0 Å². The van der Waals surface area contributed by atoms with Crippen molar-refractivity contribution in [2.75, 3.05) is 18.4 Å². The molecule has 0 aliphatic rings. The maximum absolute atomic E-state index is 13.0. The Bertz CT molecular complexity index is 810. The van der Waals surface area contributed by atoms with Crippen LogP contribution in [0.1, 0.15) is 30.5 Å². The van der Waals surface area contributed by atoms with Gasteiger partial charge in [-0.3, -0.25) is 9.59 Å². The van der Waals surface area contributed by atoms with Gasteiger partial charge in [0.2, 0.25) is 11.8 Å². The fourth-order valence-electron chi connectivity index (χ4n) is 2.71. The first-order chi connectivity index (χ1) is 13.2. The molecule has 0 aliphatic heterocycles. The third kappa shape index (κ3) is 5.82. The number of rotatable bonds is 7. The van der Waals surface area contributed by atoms with Gasteiger partial charge in [0.05, 0.1) is 17.8 Å². The highest BCUT2D eigenvalue weighted by Crippen LogP contribution is 2.34. The molecule has 0 heterocycles. The lowest BCUT2D eigenvalue weighted by atomic mass is 10.0. The first kappa shape index (κ1) is 21.4. The molecule has 0 aliphatic carbocycles. The fourth-order valence-corrected chi connectivity index (χ4v) is 2.71. The van der Waals surface area contributed by atoms with Gasteiger partial charge in [-0.25, -0.2) is 0 Å². The number of carbonyl (C=O) groups is 2. The van der Waals surface area contributed by atoms with Crippen molar-refractivity contribution in [3.05, 3.63) is 65.7 Å². The highest BCUT2D eigenvalue weighted by molar-refractivity contribution is 5.95. The number of nitrogens with one attached hydrogen (secondary N) is 1. The summed E-state index contributed by atoms with van der Waals surface area (Å²) in [6, 6.07) is 13.2. The third-order valence-electron chi connectivity index (χ3n) is 4.20. The molecule has 2 rings (SSSR count). The zero-order chi connectivity index (χ0) is 20.7. The molecule has 28 heavy (non-hydrogen) atoms. The van der Waals surface area contributed by atoms with Gasteiger partial charge in [-0.2, -0.15) is 13.2 Å². The Morgan fingerprint density at radius 1 is 1.07 bits per heavy atom. The topological polar surface area (TPSA) is 75.4 Å². The molecule has 2 aromatic carbocycles. The average Bonchev–Trinajstić information content (AvgIpc) is 2.66. The average molecular weight is 393 g/mol. The van der Waals surface area contributed by atoms with Crippen molar-refractivity contribution < 1.29 is 22.8 Å². The number of nitrogens with zero attached hydrogens (tertiary/aromatic N) is 1. The number of anilines is 1. The van der Waals surface area contributed by atoms with Crippen LogP contribution in [0.5, 0.6) is 0 Å². The van der Waals surface area contributed by atoms with Crippen molar-refractivity contribution in [2.45, 2.75) is 25.6 Å². The SMILES string of the molecule is CCN(CC(=O)Nc1ccccc1C(F)(F)F)C(=O)CC(N)c1ccccc1. The Kier molecular flexibility index (Phi) is 7.17. The molecule has 0 aromatic heterocycles. The smallest absolute Gasteiger partial charge is 0.334 e. The molecule has 150 valence electrons. The van der Waals surface area contributed by atoms with E-state index in [9.17, 15) is 22.8 Å². The summed E-state index contributed by atoms with van der Waals surface area (Å²) in [4.78, 5) is 25.9. The number of halogens is 3. The predicted molar refractivity (Wildman–Crippen MR) is 100 cm³/mol. The van der Waals surface area contributed by atoms with Crippen LogP contribution in [0.2, 0.25) is 0 Å². The minimum absolute atomic E-state index is 0.00965. The van der Waals surface area contributed by atoms with E-state index in [4.69, 9.17) is 5.73 Å². The lowest BCUT2D eigenvalue weighted by molar-refractivity contribution is -0.137. The van der Waals surface area contributed by atoms with Crippen LogP contribution in [-0.4, -0.2) is 29.8 Å². The molecule has 8 heteroatoms. The molecule has 0 radical (unpaired) electrons. The maximum atomic E-state index is 13.0. The van der Waals surface area contributed by atoms with E-state index in [-0.39, 0.29) is 31.1 Å². The largest absolute Gasteiger partial charge is 0.418 e. The molecule has 5 nitrogen and oxygen atoms in total. The lowest BCUT2D eigenvalue weighted by Crippen LogP contribution is -2.39. The zero-order valence-electron chi connectivity index (χ0n) is 15.4. The first-order valence-electron chi connectivity index (χ1n) is 8.76. The quantitative estimate of drug-likeness (QED) is 0.755. The minimum atomic E-state index is -4.59. The van der Waals surface area contributed by atoms with Crippen LogP contribution in [0.25, 0.3) is 0 Å². The van der Waals surface area contributed by atoms with E-state index in [0.717, 1.165) is 11.6 Å². The van der Waals surface area contributed by atoms with E-state index in [0.29, 0.717) is 0 Å². The second kappa shape index (κ2) is 9.36. The second-order valence-electron chi connectivity index (χ2n) is 6.22. The number of benzene rings is 2. The standard InChI is InChI=1S/C20H22F3N3O2/c1-2-26(19(28)12-16(24)14-8-4-3-5-9-14)13-18(27)25-17-11-7-6-10-15(17)20(21,22)23/h3-11,16H,2,12-13,24H2,1H3,(H,25,27). The first-order valence-corrected chi connectivity index (χ1v) is 8.76. The Labute approximate surface area is 161 Å². The normalized spacial score (nSPS) is 12.3. The summed E-state index contributed by atoms with van der Waals surface area (Å²) in [6.07, 6.45) is -4.60. The summed E-state index contributed by atoms with van der Waals surface area (Å²) in [5, 5.41) is 2.24. The highest BCUT2D eigenvalue weighted by atomic mass is 19.4. The minimum Gasteiger partial charge on any atom is -0.334 e. The number of amides is 2. The Morgan fingerprint density at radius 3 is 2.29 bits per heavy atom. The summed E-state index contributed by atoms with van der Waals surface area (Å²) in [6.45, 7) is 1.56. The van der Waals surface area contributed by atoms with E-state index < -0.39 is 23.7 Å². The number of alkyl halides is 3. The summed E-state index contributed by atoms with van der Waals surface area (Å²) in [5.74, 6) is -1.06. The molecule has 0 fully saturated rings. The van der Waals surface area contributed by atoms with Gasteiger partial charge in [-0.15, -0.1) is 0 Å². The van der Waals surface area contributed by atoms with Crippen molar-refractivity contribution in [3.8, 4) is 0 Å². The van der Waals surface area contributed by atoms with Crippen LogP contribution < -0.4 is 11.1 Å². The maximum Gasteiger partial charge on any atom is 0.418 e. The lowest BCUT2D eigenvalue weighted by Gasteiger charge is -2.23. The van der Waals surface area contributed by atoms with Gasteiger partial charge in [0.1, 0.15) is 0 Å². The van der Waals surface area contributed by atoms with Gasteiger partial charge >= 0.3 is 6.18 Å². The second-order valence-corrected chi connectivity index (χ2v) is 6.22. The third-order valence-corrected chi connectivity index (χ3v) is 4.20. The van der Waals surface area contributed by atoms with Crippen LogP contribution in [0.15, 0.2) is 54.6 Å². The van der Waals surface area contributed by atoms with Gasteiger partial charge in [0.25, 0.3) is 0 Å². The Hall–Kier alpha value is -2.87. The Balaban J connectivity index is 2.01. The molecular formula is C20H22F3N3O2.